The zero-order valence-corrected chi connectivity index (χ0v) is 10.1. The van der Waals surface area contributed by atoms with Crippen LogP contribution >= 0.6 is 0 Å². The molecule has 0 aromatic carbocycles. The van der Waals surface area contributed by atoms with Crippen molar-refractivity contribution in [2.24, 2.45) is 33.8 Å². The van der Waals surface area contributed by atoms with E-state index in [2.05, 4.69) is 13.8 Å². The van der Waals surface area contributed by atoms with E-state index in [4.69, 9.17) is 5.73 Å². The van der Waals surface area contributed by atoms with E-state index >= 15 is 0 Å². The van der Waals surface area contributed by atoms with Crippen molar-refractivity contribution in [3.63, 3.8) is 0 Å². The van der Waals surface area contributed by atoms with Crippen molar-refractivity contribution >= 4 is 0 Å². The van der Waals surface area contributed by atoms with Gasteiger partial charge in [0, 0.05) is 6.04 Å². The average Bonchev–Trinajstić information content (AvgIpc) is 2.61. The third-order valence-electron chi connectivity index (χ3n) is 7.01. The van der Waals surface area contributed by atoms with E-state index in [0.29, 0.717) is 22.3 Å². The summed E-state index contributed by atoms with van der Waals surface area (Å²) < 4.78 is 0. The summed E-state index contributed by atoms with van der Waals surface area (Å²) in [5.74, 6) is 1.89. The Bertz CT molecular complexity index is 316. The summed E-state index contributed by atoms with van der Waals surface area (Å²) in [7, 11) is 0. The highest BCUT2D eigenvalue weighted by atomic mass is 14.9. The van der Waals surface area contributed by atoms with E-state index < -0.39 is 0 Å². The van der Waals surface area contributed by atoms with Crippen LogP contribution in [0.4, 0.5) is 0 Å². The van der Waals surface area contributed by atoms with Gasteiger partial charge in [0.25, 0.3) is 0 Å². The largest absolute Gasteiger partial charge is 0.327 e. The Labute approximate surface area is 92.8 Å². The molecule has 5 atom stereocenters. The lowest BCUT2D eigenvalue weighted by Crippen LogP contribution is -2.46. The van der Waals surface area contributed by atoms with Gasteiger partial charge in [-0.15, -0.1) is 0 Å². The Morgan fingerprint density at radius 1 is 1.00 bits per heavy atom. The summed E-state index contributed by atoms with van der Waals surface area (Å²) >= 11 is 0. The van der Waals surface area contributed by atoms with E-state index in [1.54, 1.807) is 0 Å². The molecule has 4 aliphatic carbocycles. The van der Waals surface area contributed by atoms with Crippen LogP contribution in [0.25, 0.3) is 0 Å². The number of fused-ring (bicyclic) bond motifs is 4. The van der Waals surface area contributed by atoms with Gasteiger partial charge < -0.3 is 5.73 Å². The fraction of sp³-hybridized carbons (Fsp3) is 1.00. The summed E-state index contributed by atoms with van der Waals surface area (Å²) in [6, 6.07) is 0.553. The van der Waals surface area contributed by atoms with Crippen molar-refractivity contribution < 1.29 is 0 Å². The molecule has 0 heterocycles. The molecule has 1 heteroatoms. The van der Waals surface area contributed by atoms with Crippen molar-refractivity contribution in [3.8, 4) is 0 Å². The fourth-order valence-electron chi connectivity index (χ4n) is 6.01. The van der Waals surface area contributed by atoms with E-state index in [1.807, 2.05) is 0 Å². The van der Waals surface area contributed by atoms with Crippen LogP contribution in [0.3, 0.4) is 0 Å². The van der Waals surface area contributed by atoms with Gasteiger partial charge in [0.2, 0.25) is 0 Å². The van der Waals surface area contributed by atoms with Gasteiger partial charge in [-0.05, 0) is 66.6 Å². The molecule has 1 spiro atoms. The van der Waals surface area contributed by atoms with Crippen molar-refractivity contribution in [1.29, 1.82) is 0 Å². The zero-order valence-electron chi connectivity index (χ0n) is 10.1. The smallest absolute Gasteiger partial charge is 0.0127 e. The topological polar surface area (TPSA) is 26.0 Å². The molecule has 0 amide bonds. The van der Waals surface area contributed by atoms with Crippen molar-refractivity contribution in [3.05, 3.63) is 0 Å². The lowest BCUT2D eigenvalue weighted by Gasteiger charge is -2.41. The average molecular weight is 205 g/mol. The zero-order chi connectivity index (χ0) is 10.5. The SMILES string of the molecule is CC12CC3(CC1(C)C2)C1CCC(C1)C3N. The maximum absolute atomic E-state index is 6.56. The van der Waals surface area contributed by atoms with Crippen LogP contribution in [0.5, 0.6) is 0 Å². The van der Waals surface area contributed by atoms with Gasteiger partial charge in [0.05, 0.1) is 0 Å². The van der Waals surface area contributed by atoms with Crippen molar-refractivity contribution in [2.45, 2.75) is 58.4 Å². The molecule has 0 saturated heterocycles. The second kappa shape index (κ2) is 2.16. The molecule has 4 aliphatic rings. The molecule has 5 unspecified atom stereocenters. The Hall–Kier alpha value is -0.0400. The molecule has 0 aromatic rings. The van der Waals surface area contributed by atoms with Crippen LogP contribution in [-0.4, -0.2) is 6.04 Å². The Morgan fingerprint density at radius 2 is 1.67 bits per heavy atom. The first kappa shape index (κ1) is 9.04. The summed E-state index contributed by atoms with van der Waals surface area (Å²) in [6.45, 7) is 5.03. The van der Waals surface area contributed by atoms with Crippen molar-refractivity contribution in [2.75, 3.05) is 0 Å². The molecule has 0 aromatic heterocycles. The highest BCUT2D eigenvalue weighted by molar-refractivity contribution is 5.25. The lowest BCUT2D eigenvalue weighted by molar-refractivity contribution is 0.107. The van der Waals surface area contributed by atoms with Crippen LogP contribution in [0.15, 0.2) is 0 Å². The normalized spacial score (nSPS) is 70.2. The van der Waals surface area contributed by atoms with Gasteiger partial charge in [0.15, 0.2) is 0 Å². The minimum absolute atomic E-state index is 0.553. The van der Waals surface area contributed by atoms with Gasteiger partial charge in [-0.1, -0.05) is 13.8 Å². The fourth-order valence-corrected chi connectivity index (χ4v) is 6.01. The quantitative estimate of drug-likeness (QED) is 0.646. The van der Waals surface area contributed by atoms with Crippen LogP contribution < -0.4 is 5.73 Å². The maximum Gasteiger partial charge on any atom is 0.0127 e. The molecule has 84 valence electrons. The van der Waals surface area contributed by atoms with Gasteiger partial charge in [-0.3, -0.25) is 0 Å². The molecule has 2 N–H and O–H groups in total. The number of nitrogens with two attached hydrogens (primary N) is 1. The maximum atomic E-state index is 6.56. The molecule has 4 fully saturated rings. The van der Waals surface area contributed by atoms with Crippen LogP contribution in [-0.2, 0) is 0 Å². The summed E-state index contributed by atoms with van der Waals surface area (Å²) in [5.41, 5.74) is 8.50. The highest BCUT2D eigenvalue weighted by Crippen LogP contribution is 2.82. The molecule has 2 bridgehead atoms. The van der Waals surface area contributed by atoms with Crippen LogP contribution in [0.2, 0.25) is 0 Å². The minimum Gasteiger partial charge on any atom is -0.327 e. The molecule has 1 nitrogen and oxygen atoms in total. The Balaban J connectivity index is 1.73. The van der Waals surface area contributed by atoms with E-state index in [9.17, 15) is 0 Å². The van der Waals surface area contributed by atoms with E-state index in [1.165, 1.54) is 38.5 Å². The van der Waals surface area contributed by atoms with Gasteiger partial charge in [0.1, 0.15) is 0 Å². The van der Waals surface area contributed by atoms with E-state index in [-0.39, 0.29) is 0 Å². The number of hydrogen-bond donors (Lipinski definition) is 1. The lowest BCUT2D eigenvalue weighted by atomic mass is 9.66. The summed E-state index contributed by atoms with van der Waals surface area (Å²) in [6.07, 6.45) is 8.78. The molecular weight excluding hydrogens is 182 g/mol. The van der Waals surface area contributed by atoms with E-state index in [0.717, 1.165) is 11.8 Å². The summed E-state index contributed by atoms with van der Waals surface area (Å²) in [5, 5.41) is 0. The highest BCUT2D eigenvalue weighted by Gasteiger charge is 2.75. The first-order chi connectivity index (χ1) is 6.99. The number of hydrogen-bond acceptors (Lipinski definition) is 1. The van der Waals surface area contributed by atoms with Gasteiger partial charge in [-0.25, -0.2) is 0 Å². The standard InChI is InChI=1S/C14H23N/c1-12-6-13(12,2)8-14(7-12)10-4-3-9(5-10)11(14)15/h9-11H,3-8,15H2,1-2H3. The van der Waals surface area contributed by atoms with Crippen LogP contribution in [0, 0.1) is 28.1 Å². The molecule has 4 saturated carbocycles. The second-order valence-corrected chi connectivity index (χ2v) is 7.68. The Morgan fingerprint density at radius 3 is 2.20 bits per heavy atom. The third-order valence-corrected chi connectivity index (χ3v) is 7.01. The second-order valence-electron chi connectivity index (χ2n) is 7.68. The predicted molar refractivity (Wildman–Crippen MR) is 61.3 cm³/mol. The minimum atomic E-state index is 0.553. The van der Waals surface area contributed by atoms with Crippen LogP contribution in [0.1, 0.15) is 52.4 Å². The van der Waals surface area contributed by atoms with Gasteiger partial charge >= 0.3 is 0 Å². The predicted octanol–water partition coefficient (Wildman–Crippen LogP) is 2.94. The molecule has 0 radical (unpaired) electrons. The molecular formula is C14H23N. The van der Waals surface area contributed by atoms with Gasteiger partial charge in [-0.2, -0.15) is 0 Å². The third kappa shape index (κ3) is 0.800. The monoisotopic (exact) mass is 205 g/mol. The Kier molecular flexibility index (Phi) is 1.30. The first-order valence-electron chi connectivity index (χ1n) is 6.75. The molecule has 15 heavy (non-hydrogen) atoms. The summed E-state index contributed by atoms with van der Waals surface area (Å²) in [4.78, 5) is 0. The molecule has 0 aliphatic heterocycles. The van der Waals surface area contributed by atoms with Crippen molar-refractivity contribution in [1.82, 2.24) is 0 Å². The first-order valence-corrected chi connectivity index (χ1v) is 6.75. The molecule has 4 rings (SSSR count). The number of rotatable bonds is 0.